The van der Waals surface area contributed by atoms with Crippen molar-refractivity contribution in [2.24, 2.45) is 34.8 Å². The Hall–Kier alpha value is -2.69. The quantitative estimate of drug-likeness (QED) is 0.158. The fourth-order valence-corrected chi connectivity index (χ4v) is 8.15. The Balaban J connectivity index is 1.56. The van der Waals surface area contributed by atoms with E-state index in [2.05, 4.69) is 36.7 Å². The third-order valence-electron chi connectivity index (χ3n) is 11.7. The van der Waals surface area contributed by atoms with E-state index in [0.717, 1.165) is 64.2 Å². The fourth-order valence-electron chi connectivity index (χ4n) is 8.15. The van der Waals surface area contributed by atoms with E-state index in [0.29, 0.717) is 31.2 Å². The van der Waals surface area contributed by atoms with Crippen LogP contribution in [-0.2, 0) is 23.9 Å². The Bertz CT molecular complexity index is 1140. The molecule has 0 radical (unpaired) electrons. The fraction of sp³-hybridized carbons (Fsp3) is 0.861. The SMILES string of the molecule is CC[C@@H](NC(=O)NC(OC(C)(C)C)C(=O)N1CC(C(C)(C)C2CCC2)C[C@H]1C(=O)NC(CC1CCC1)C(=O)C(N)=O)C1CCCCC1. The lowest BCUT2D eigenvalue weighted by Gasteiger charge is -2.44. The number of nitrogens with one attached hydrogen (secondary N) is 3. The molecule has 3 unspecified atom stereocenters. The monoisotopic (exact) mass is 659 g/mol. The summed E-state index contributed by atoms with van der Waals surface area (Å²) in [5, 5.41) is 8.76. The standard InChI is InChI=1S/C36H61N5O6/c1-7-26(23-15-9-8-10-16-23)39-34(46)40-32(47-35(2,3)4)33(45)41-21-25(36(5,6)24-17-12-18-24)20-28(41)31(44)38-27(29(42)30(37)43)19-22-13-11-14-22/h22-28,32H,7-21H2,1-6H3,(H2,37,43)(H,38,44)(H2,39,40,46)/t25?,26-,27?,28+,32?/m1/s1. The number of nitrogens with two attached hydrogens (primary N) is 1. The van der Waals surface area contributed by atoms with Gasteiger partial charge < -0.3 is 31.3 Å². The molecule has 0 bridgehead atoms. The van der Waals surface area contributed by atoms with Crippen LogP contribution >= 0.6 is 0 Å². The van der Waals surface area contributed by atoms with Crippen molar-refractivity contribution in [1.29, 1.82) is 0 Å². The molecule has 4 rings (SSSR count). The Morgan fingerprint density at radius 3 is 1.98 bits per heavy atom. The third-order valence-corrected chi connectivity index (χ3v) is 11.7. The van der Waals surface area contributed by atoms with Crippen molar-refractivity contribution in [2.45, 2.75) is 161 Å². The maximum Gasteiger partial charge on any atom is 0.317 e. The van der Waals surface area contributed by atoms with Gasteiger partial charge in [-0.05, 0) is 94.8 Å². The highest BCUT2D eigenvalue weighted by Gasteiger charge is 2.51. The number of ketones is 1. The first kappa shape index (κ1) is 37.1. The second-order valence-corrected chi connectivity index (χ2v) is 16.4. The van der Waals surface area contributed by atoms with Crippen molar-refractivity contribution in [1.82, 2.24) is 20.9 Å². The summed E-state index contributed by atoms with van der Waals surface area (Å²) in [5.74, 6) is -1.73. The summed E-state index contributed by atoms with van der Waals surface area (Å²) < 4.78 is 6.19. The molecule has 3 saturated carbocycles. The van der Waals surface area contributed by atoms with Gasteiger partial charge in [-0.2, -0.15) is 0 Å². The molecule has 5 N–H and O–H groups in total. The van der Waals surface area contributed by atoms with Crippen LogP contribution in [0.1, 0.15) is 131 Å². The summed E-state index contributed by atoms with van der Waals surface area (Å²) in [6.07, 6.45) is 12.2. The van der Waals surface area contributed by atoms with Gasteiger partial charge >= 0.3 is 6.03 Å². The van der Waals surface area contributed by atoms with E-state index >= 15 is 0 Å². The molecule has 1 heterocycles. The average molecular weight is 660 g/mol. The lowest BCUT2D eigenvalue weighted by atomic mass is 9.61. The highest BCUT2D eigenvalue weighted by Crippen LogP contribution is 2.50. The predicted octanol–water partition coefficient (Wildman–Crippen LogP) is 4.56. The van der Waals surface area contributed by atoms with Gasteiger partial charge in [0, 0.05) is 12.6 Å². The molecule has 47 heavy (non-hydrogen) atoms. The molecule has 1 saturated heterocycles. The van der Waals surface area contributed by atoms with Crippen LogP contribution in [0.4, 0.5) is 4.79 Å². The molecule has 1 aliphatic heterocycles. The molecular formula is C36H61N5O6. The molecule has 4 fully saturated rings. The molecule has 4 aliphatic rings. The van der Waals surface area contributed by atoms with E-state index in [-0.39, 0.29) is 23.3 Å². The van der Waals surface area contributed by atoms with E-state index in [1.54, 1.807) is 0 Å². The summed E-state index contributed by atoms with van der Waals surface area (Å²) in [6, 6.07) is -2.39. The van der Waals surface area contributed by atoms with Crippen molar-refractivity contribution in [3.05, 3.63) is 0 Å². The van der Waals surface area contributed by atoms with Crippen LogP contribution in [0.15, 0.2) is 0 Å². The van der Waals surface area contributed by atoms with Crippen LogP contribution < -0.4 is 21.7 Å². The van der Waals surface area contributed by atoms with Crippen LogP contribution in [0.25, 0.3) is 0 Å². The van der Waals surface area contributed by atoms with E-state index in [1.807, 2.05) is 20.8 Å². The van der Waals surface area contributed by atoms with Crippen LogP contribution in [-0.4, -0.2) is 70.9 Å². The number of rotatable bonds is 14. The minimum atomic E-state index is -1.32. The number of Topliss-reactive ketones (excluding diaryl/α,β-unsaturated/α-hetero) is 1. The Morgan fingerprint density at radius 2 is 1.47 bits per heavy atom. The first-order chi connectivity index (χ1) is 22.1. The zero-order valence-corrected chi connectivity index (χ0v) is 29.7. The van der Waals surface area contributed by atoms with Gasteiger partial charge in [0.1, 0.15) is 6.04 Å². The molecule has 0 aromatic carbocycles. The van der Waals surface area contributed by atoms with Crippen LogP contribution in [0.3, 0.4) is 0 Å². The number of hydrogen-bond acceptors (Lipinski definition) is 6. The Kier molecular flexibility index (Phi) is 12.4. The van der Waals surface area contributed by atoms with Gasteiger partial charge in [0.2, 0.25) is 17.9 Å². The summed E-state index contributed by atoms with van der Waals surface area (Å²) >= 11 is 0. The van der Waals surface area contributed by atoms with Gasteiger partial charge in [-0.25, -0.2) is 4.79 Å². The smallest absolute Gasteiger partial charge is 0.317 e. The summed E-state index contributed by atoms with van der Waals surface area (Å²) in [4.78, 5) is 68.2. The van der Waals surface area contributed by atoms with Crippen molar-refractivity contribution >= 4 is 29.5 Å². The highest BCUT2D eigenvalue weighted by atomic mass is 16.5. The minimum absolute atomic E-state index is 0.00551. The maximum absolute atomic E-state index is 14.5. The number of ether oxygens (including phenoxy) is 1. The van der Waals surface area contributed by atoms with Crippen LogP contribution in [0.2, 0.25) is 0 Å². The van der Waals surface area contributed by atoms with Gasteiger partial charge in [-0.1, -0.05) is 65.7 Å². The van der Waals surface area contributed by atoms with Gasteiger partial charge in [0.05, 0.1) is 11.6 Å². The maximum atomic E-state index is 14.5. The van der Waals surface area contributed by atoms with Gasteiger partial charge in [-0.15, -0.1) is 0 Å². The molecule has 3 aliphatic carbocycles. The molecule has 11 heteroatoms. The van der Waals surface area contributed by atoms with Gasteiger partial charge in [0.25, 0.3) is 11.8 Å². The molecule has 266 valence electrons. The number of hydrogen-bond donors (Lipinski definition) is 4. The number of amides is 5. The first-order valence-electron chi connectivity index (χ1n) is 18.3. The van der Waals surface area contributed by atoms with Crippen LogP contribution in [0.5, 0.6) is 0 Å². The largest absolute Gasteiger partial charge is 0.363 e. The van der Waals surface area contributed by atoms with Crippen molar-refractivity contribution in [3.63, 3.8) is 0 Å². The molecule has 5 amide bonds. The molecule has 0 aromatic heterocycles. The van der Waals surface area contributed by atoms with E-state index in [9.17, 15) is 24.0 Å². The average Bonchev–Trinajstić information content (AvgIpc) is 3.41. The summed E-state index contributed by atoms with van der Waals surface area (Å²) in [7, 11) is 0. The highest BCUT2D eigenvalue weighted by molar-refractivity contribution is 6.37. The van der Waals surface area contributed by atoms with Gasteiger partial charge in [-0.3, -0.25) is 19.2 Å². The normalized spacial score (nSPS) is 24.8. The van der Waals surface area contributed by atoms with E-state index in [1.165, 1.54) is 17.7 Å². The summed E-state index contributed by atoms with van der Waals surface area (Å²) in [6.45, 7) is 12.3. The zero-order chi connectivity index (χ0) is 34.5. The van der Waals surface area contributed by atoms with E-state index in [4.69, 9.17) is 10.5 Å². The predicted molar refractivity (Wildman–Crippen MR) is 180 cm³/mol. The van der Waals surface area contributed by atoms with Crippen LogP contribution in [0, 0.1) is 29.1 Å². The molecule has 0 aromatic rings. The number of likely N-dealkylation sites (tertiary alicyclic amines) is 1. The second-order valence-electron chi connectivity index (χ2n) is 16.4. The number of nitrogens with zero attached hydrogens (tertiary/aromatic N) is 1. The number of urea groups is 1. The van der Waals surface area contributed by atoms with Crippen molar-refractivity contribution in [2.75, 3.05) is 6.54 Å². The number of carbonyl (C=O) groups is 5. The number of primary amides is 1. The topological polar surface area (TPSA) is 160 Å². The van der Waals surface area contributed by atoms with Crippen molar-refractivity contribution in [3.8, 4) is 0 Å². The third kappa shape index (κ3) is 9.48. The second kappa shape index (κ2) is 15.7. The lowest BCUT2D eigenvalue weighted by molar-refractivity contribution is -0.158. The molecule has 5 atom stereocenters. The summed E-state index contributed by atoms with van der Waals surface area (Å²) in [5.41, 5.74) is 4.48. The molecule has 0 spiro atoms. The number of carbonyl (C=O) groups excluding carboxylic acids is 5. The first-order valence-corrected chi connectivity index (χ1v) is 18.3. The minimum Gasteiger partial charge on any atom is -0.363 e. The lowest BCUT2D eigenvalue weighted by Crippen LogP contribution is -2.59. The molecular weight excluding hydrogens is 598 g/mol. The van der Waals surface area contributed by atoms with Gasteiger partial charge in [0.15, 0.2) is 0 Å². The molecule has 11 nitrogen and oxygen atoms in total. The Labute approximate surface area is 281 Å². The zero-order valence-electron chi connectivity index (χ0n) is 29.7. The van der Waals surface area contributed by atoms with E-state index < -0.39 is 53.4 Å². The Morgan fingerprint density at radius 1 is 0.830 bits per heavy atom. The van der Waals surface area contributed by atoms with Crippen molar-refractivity contribution < 1.29 is 28.7 Å².